The lowest BCUT2D eigenvalue weighted by atomic mass is 10.1. The standard InChI is InChI=1S/C19H18FN5O3/c1-12-14(9-21-11-22-12)19(26)25-6-7-27-16(10-25)18-23-17(24-28-18)8-13-4-2-3-5-15(13)20/h2-5,9,11,16H,6-8,10H2,1H3/t16-/m1/s1. The Kier molecular flexibility index (Phi) is 5.07. The summed E-state index contributed by atoms with van der Waals surface area (Å²) in [6.07, 6.45) is 2.59. The molecule has 0 aliphatic carbocycles. The lowest BCUT2D eigenvalue weighted by Gasteiger charge is -2.31. The molecule has 1 fully saturated rings. The first-order valence-corrected chi connectivity index (χ1v) is 8.85. The van der Waals surface area contributed by atoms with Crippen LogP contribution in [-0.4, -0.2) is 50.6 Å². The summed E-state index contributed by atoms with van der Waals surface area (Å²) in [5.74, 6) is 0.141. The van der Waals surface area contributed by atoms with Crippen molar-refractivity contribution in [2.24, 2.45) is 0 Å². The molecule has 9 heteroatoms. The molecule has 1 aliphatic heterocycles. The van der Waals surface area contributed by atoms with E-state index in [9.17, 15) is 9.18 Å². The zero-order valence-electron chi connectivity index (χ0n) is 15.2. The number of morpholine rings is 1. The summed E-state index contributed by atoms with van der Waals surface area (Å²) in [4.78, 5) is 26.7. The van der Waals surface area contributed by atoms with Crippen molar-refractivity contribution < 1.29 is 18.4 Å². The second-order valence-corrected chi connectivity index (χ2v) is 6.45. The number of hydrogen-bond donors (Lipinski definition) is 0. The third kappa shape index (κ3) is 3.74. The van der Waals surface area contributed by atoms with Crippen LogP contribution in [0.5, 0.6) is 0 Å². The summed E-state index contributed by atoms with van der Waals surface area (Å²) in [5, 5.41) is 3.91. The molecule has 3 aromatic rings. The number of amides is 1. The minimum atomic E-state index is -0.537. The molecule has 3 heterocycles. The molecular formula is C19H18FN5O3. The SMILES string of the molecule is Cc1ncncc1C(=O)N1CCO[C@@H](c2nc(Cc3ccccc3F)no2)C1. The van der Waals surface area contributed by atoms with E-state index in [-0.39, 0.29) is 30.6 Å². The number of halogens is 1. The second kappa shape index (κ2) is 7.81. The average Bonchev–Trinajstić information content (AvgIpc) is 3.18. The van der Waals surface area contributed by atoms with Gasteiger partial charge in [-0.25, -0.2) is 14.4 Å². The summed E-state index contributed by atoms with van der Waals surface area (Å²) < 4.78 is 24.8. The minimum absolute atomic E-state index is 0.169. The molecule has 1 amide bonds. The Labute approximate surface area is 160 Å². The Morgan fingerprint density at radius 2 is 2.21 bits per heavy atom. The predicted molar refractivity (Wildman–Crippen MR) is 94.9 cm³/mol. The Morgan fingerprint density at radius 1 is 1.36 bits per heavy atom. The fourth-order valence-corrected chi connectivity index (χ4v) is 3.04. The van der Waals surface area contributed by atoms with E-state index >= 15 is 0 Å². The zero-order valence-corrected chi connectivity index (χ0v) is 15.2. The van der Waals surface area contributed by atoms with Crippen molar-refractivity contribution in [1.29, 1.82) is 0 Å². The number of ether oxygens (including phenoxy) is 1. The largest absolute Gasteiger partial charge is 0.365 e. The van der Waals surface area contributed by atoms with E-state index in [1.165, 1.54) is 18.6 Å². The molecule has 2 aromatic heterocycles. The molecule has 1 saturated heterocycles. The van der Waals surface area contributed by atoms with Crippen LogP contribution in [0.25, 0.3) is 0 Å². The zero-order chi connectivity index (χ0) is 19.5. The molecule has 1 aromatic carbocycles. The Balaban J connectivity index is 1.47. The van der Waals surface area contributed by atoms with Gasteiger partial charge in [0.15, 0.2) is 11.9 Å². The highest BCUT2D eigenvalue weighted by atomic mass is 19.1. The van der Waals surface area contributed by atoms with Crippen LogP contribution in [0.15, 0.2) is 41.3 Å². The summed E-state index contributed by atoms with van der Waals surface area (Å²) in [6.45, 7) is 2.82. The Bertz CT molecular complexity index is 993. The molecule has 1 atom stereocenters. The van der Waals surface area contributed by atoms with Gasteiger partial charge in [-0.1, -0.05) is 23.4 Å². The van der Waals surface area contributed by atoms with E-state index in [1.807, 2.05) is 0 Å². The third-order valence-corrected chi connectivity index (χ3v) is 4.56. The average molecular weight is 383 g/mol. The van der Waals surface area contributed by atoms with Gasteiger partial charge in [0.25, 0.3) is 11.8 Å². The lowest BCUT2D eigenvalue weighted by molar-refractivity contribution is -0.0367. The Hall–Kier alpha value is -3.20. The van der Waals surface area contributed by atoms with Crippen LogP contribution in [0, 0.1) is 12.7 Å². The van der Waals surface area contributed by atoms with Crippen molar-refractivity contribution >= 4 is 5.91 Å². The number of aromatic nitrogens is 4. The minimum Gasteiger partial charge on any atom is -0.365 e. The van der Waals surface area contributed by atoms with Crippen LogP contribution >= 0.6 is 0 Å². The van der Waals surface area contributed by atoms with Gasteiger partial charge >= 0.3 is 0 Å². The van der Waals surface area contributed by atoms with Crippen molar-refractivity contribution in [2.45, 2.75) is 19.4 Å². The van der Waals surface area contributed by atoms with Crippen LogP contribution in [0.1, 0.15) is 39.4 Å². The van der Waals surface area contributed by atoms with Gasteiger partial charge < -0.3 is 14.2 Å². The normalized spacial score (nSPS) is 16.9. The molecule has 0 N–H and O–H groups in total. The highest BCUT2D eigenvalue weighted by Gasteiger charge is 2.30. The van der Waals surface area contributed by atoms with E-state index < -0.39 is 6.10 Å². The third-order valence-electron chi connectivity index (χ3n) is 4.56. The molecule has 144 valence electrons. The lowest BCUT2D eigenvalue weighted by Crippen LogP contribution is -2.42. The molecule has 0 unspecified atom stereocenters. The number of benzene rings is 1. The second-order valence-electron chi connectivity index (χ2n) is 6.45. The van der Waals surface area contributed by atoms with Crippen LogP contribution in [-0.2, 0) is 11.2 Å². The first-order valence-electron chi connectivity index (χ1n) is 8.85. The van der Waals surface area contributed by atoms with Crippen molar-refractivity contribution in [3.05, 3.63) is 71.1 Å². The van der Waals surface area contributed by atoms with E-state index in [0.717, 1.165) is 0 Å². The van der Waals surface area contributed by atoms with Gasteiger partial charge in [0, 0.05) is 19.2 Å². The fourth-order valence-electron chi connectivity index (χ4n) is 3.04. The quantitative estimate of drug-likeness (QED) is 0.681. The highest BCUT2D eigenvalue weighted by Crippen LogP contribution is 2.23. The van der Waals surface area contributed by atoms with Crippen LogP contribution < -0.4 is 0 Å². The monoisotopic (exact) mass is 383 g/mol. The molecule has 8 nitrogen and oxygen atoms in total. The van der Waals surface area contributed by atoms with Crippen molar-refractivity contribution in [3.63, 3.8) is 0 Å². The van der Waals surface area contributed by atoms with Crippen LogP contribution in [0.4, 0.5) is 4.39 Å². The number of carbonyl (C=O) groups excluding carboxylic acids is 1. The number of hydrogen-bond acceptors (Lipinski definition) is 7. The van der Waals surface area contributed by atoms with Crippen LogP contribution in [0.2, 0.25) is 0 Å². The summed E-state index contributed by atoms with van der Waals surface area (Å²) in [7, 11) is 0. The van der Waals surface area contributed by atoms with Crippen molar-refractivity contribution in [1.82, 2.24) is 25.0 Å². The van der Waals surface area contributed by atoms with E-state index in [1.54, 1.807) is 30.0 Å². The van der Waals surface area contributed by atoms with Crippen molar-refractivity contribution in [3.8, 4) is 0 Å². The maximum Gasteiger partial charge on any atom is 0.257 e. The molecule has 0 spiro atoms. The number of aryl methyl sites for hydroxylation is 1. The molecular weight excluding hydrogens is 365 g/mol. The number of rotatable bonds is 4. The van der Waals surface area contributed by atoms with E-state index in [2.05, 4.69) is 20.1 Å². The van der Waals surface area contributed by atoms with Gasteiger partial charge in [0.1, 0.15) is 12.1 Å². The molecule has 0 bridgehead atoms. The molecule has 0 saturated carbocycles. The molecule has 0 radical (unpaired) electrons. The van der Waals surface area contributed by atoms with Gasteiger partial charge in [-0.2, -0.15) is 4.98 Å². The number of nitrogens with zero attached hydrogens (tertiary/aromatic N) is 5. The van der Waals surface area contributed by atoms with E-state index in [4.69, 9.17) is 9.26 Å². The first kappa shape index (κ1) is 18.2. The van der Waals surface area contributed by atoms with E-state index in [0.29, 0.717) is 35.8 Å². The first-order chi connectivity index (χ1) is 13.6. The summed E-state index contributed by atoms with van der Waals surface area (Å²) in [6, 6.07) is 6.44. The van der Waals surface area contributed by atoms with Gasteiger partial charge in [-0.15, -0.1) is 0 Å². The Morgan fingerprint density at radius 3 is 3.04 bits per heavy atom. The maximum absolute atomic E-state index is 13.8. The van der Waals surface area contributed by atoms with Gasteiger partial charge in [0.2, 0.25) is 0 Å². The fraction of sp³-hybridized carbons (Fsp3) is 0.316. The van der Waals surface area contributed by atoms with Gasteiger partial charge in [0.05, 0.1) is 24.4 Å². The molecule has 28 heavy (non-hydrogen) atoms. The predicted octanol–water partition coefficient (Wildman–Crippen LogP) is 2.11. The van der Waals surface area contributed by atoms with Gasteiger partial charge in [-0.05, 0) is 18.6 Å². The van der Waals surface area contributed by atoms with Gasteiger partial charge in [-0.3, -0.25) is 4.79 Å². The van der Waals surface area contributed by atoms with Crippen LogP contribution in [0.3, 0.4) is 0 Å². The highest BCUT2D eigenvalue weighted by molar-refractivity contribution is 5.94. The smallest absolute Gasteiger partial charge is 0.257 e. The summed E-state index contributed by atoms with van der Waals surface area (Å²) in [5.41, 5.74) is 1.55. The molecule has 4 rings (SSSR count). The summed E-state index contributed by atoms with van der Waals surface area (Å²) >= 11 is 0. The van der Waals surface area contributed by atoms with Crippen molar-refractivity contribution in [2.75, 3.05) is 19.7 Å². The number of carbonyl (C=O) groups is 1. The topological polar surface area (TPSA) is 94.2 Å². The molecule has 1 aliphatic rings. The maximum atomic E-state index is 13.8.